The van der Waals surface area contributed by atoms with E-state index in [-0.39, 0.29) is 17.9 Å². The van der Waals surface area contributed by atoms with Gasteiger partial charge in [0.05, 0.1) is 6.61 Å². The molecule has 0 radical (unpaired) electrons. The van der Waals surface area contributed by atoms with Crippen LogP contribution in [0.15, 0.2) is 59.0 Å². The highest BCUT2D eigenvalue weighted by atomic mass is 16.5. The monoisotopic (exact) mass is 350 g/mol. The minimum atomic E-state index is -0.123. The first-order valence-electron chi connectivity index (χ1n) is 8.78. The Balaban J connectivity index is 1.64. The van der Waals surface area contributed by atoms with Crippen LogP contribution in [0.1, 0.15) is 27.6 Å². The number of carbonyl (C=O) groups excluding carboxylic acids is 1. The third kappa shape index (κ3) is 2.89. The molecule has 0 spiro atoms. The van der Waals surface area contributed by atoms with Crippen molar-refractivity contribution in [2.24, 2.45) is 5.73 Å². The van der Waals surface area contributed by atoms with E-state index in [2.05, 4.69) is 12.1 Å². The number of furan rings is 1. The van der Waals surface area contributed by atoms with Gasteiger partial charge in [-0.3, -0.25) is 4.79 Å². The van der Waals surface area contributed by atoms with E-state index in [0.717, 1.165) is 16.5 Å². The maximum Gasteiger partial charge on any atom is 0.290 e. The van der Waals surface area contributed by atoms with Gasteiger partial charge in [0.25, 0.3) is 5.91 Å². The van der Waals surface area contributed by atoms with Crippen molar-refractivity contribution in [2.45, 2.75) is 18.6 Å². The Morgan fingerprint density at radius 2 is 1.88 bits per heavy atom. The summed E-state index contributed by atoms with van der Waals surface area (Å²) in [6, 6.07) is 17.7. The van der Waals surface area contributed by atoms with Gasteiger partial charge in [0.15, 0.2) is 5.76 Å². The smallest absolute Gasteiger partial charge is 0.290 e. The molecule has 5 heteroatoms. The van der Waals surface area contributed by atoms with E-state index in [0.29, 0.717) is 31.0 Å². The Hall–Kier alpha value is -2.63. The summed E-state index contributed by atoms with van der Waals surface area (Å²) in [6.45, 7) is 1.44. The van der Waals surface area contributed by atoms with Gasteiger partial charge in [-0.2, -0.15) is 0 Å². The van der Waals surface area contributed by atoms with Crippen LogP contribution in [-0.4, -0.2) is 37.0 Å². The second-order valence-electron chi connectivity index (χ2n) is 6.73. The van der Waals surface area contributed by atoms with Gasteiger partial charge in [-0.15, -0.1) is 0 Å². The number of fused-ring (bicyclic) bond motifs is 1. The quantitative estimate of drug-likeness (QED) is 0.785. The molecule has 2 atom stereocenters. The molecule has 0 bridgehead atoms. The average Bonchev–Trinajstić information content (AvgIpc) is 3.23. The van der Waals surface area contributed by atoms with Crippen LogP contribution >= 0.6 is 0 Å². The highest BCUT2D eigenvalue weighted by molar-refractivity contribution is 5.99. The maximum absolute atomic E-state index is 13.2. The first-order chi connectivity index (χ1) is 12.7. The molecule has 0 unspecified atom stereocenters. The van der Waals surface area contributed by atoms with Crippen molar-refractivity contribution >= 4 is 16.9 Å². The molecule has 134 valence electrons. The number of nitrogens with zero attached hydrogens (tertiary/aromatic N) is 1. The molecule has 2 aromatic carbocycles. The number of amides is 1. The topological polar surface area (TPSA) is 68.7 Å². The zero-order valence-electron chi connectivity index (χ0n) is 14.7. The fourth-order valence-electron chi connectivity index (χ4n) is 3.75. The lowest BCUT2D eigenvalue weighted by molar-refractivity contribution is 0.0753. The van der Waals surface area contributed by atoms with Crippen LogP contribution in [0.5, 0.6) is 0 Å². The van der Waals surface area contributed by atoms with E-state index >= 15 is 0 Å². The summed E-state index contributed by atoms with van der Waals surface area (Å²) in [5, 5.41) is 0.917. The van der Waals surface area contributed by atoms with Crippen molar-refractivity contribution in [3.05, 3.63) is 71.5 Å². The molecule has 2 heterocycles. The Bertz CT molecular complexity index is 919. The predicted octanol–water partition coefficient (Wildman–Crippen LogP) is 3.15. The molecule has 2 N–H and O–H groups in total. The average molecular weight is 350 g/mol. The molecule has 1 saturated heterocycles. The van der Waals surface area contributed by atoms with Gasteiger partial charge >= 0.3 is 0 Å². The van der Waals surface area contributed by atoms with Gasteiger partial charge in [-0.1, -0.05) is 48.5 Å². The zero-order valence-corrected chi connectivity index (χ0v) is 14.7. The summed E-state index contributed by atoms with van der Waals surface area (Å²) in [4.78, 5) is 14.9. The normalized spacial score (nSPS) is 20.0. The fourth-order valence-corrected chi connectivity index (χ4v) is 3.75. The molecule has 1 aromatic heterocycles. The lowest BCUT2D eigenvalue weighted by Gasteiger charge is -2.16. The number of carbonyl (C=O) groups is 1. The summed E-state index contributed by atoms with van der Waals surface area (Å²) in [5.74, 6) is 0.367. The molecule has 5 nitrogen and oxygen atoms in total. The first-order valence-corrected chi connectivity index (χ1v) is 8.78. The number of ether oxygens (including phenoxy) is 1. The summed E-state index contributed by atoms with van der Waals surface area (Å²) in [5.41, 5.74) is 9.00. The summed E-state index contributed by atoms with van der Waals surface area (Å²) >= 11 is 0. The maximum atomic E-state index is 13.2. The molecule has 1 aliphatic heterocycles. The number of methoxy groups -OCH3 is 1. The Morgan fingerprint density at radius 1 is 1.15 bits per heavy atom. The lowest BCUT2D eigenvalue weighted by Crippen LogP contribution is -2.32. The van der Waals surface area contributed by atoms with Crippen molar-refractivity contribution in [1.82, 2.24) is 4.90 Å². The summed E-state index contributed by atoms with van der Waals surface area (Å²) in [7, 11) is 1.62. The van der Waals surface area contributed by atoms with Crippen molar-refractivity contribution < 1.29 is 13.9 Å². The van der Waals surface area contributed by atoms with Gasteiger partial charge in [-0.25, -0.2) is 0 Å². The summed E-state index contributed by atoms with van der Waals surface area (Å²) < 4.78 is 11.2. The Morgan fingerprint density at radius 3 is 2.65 bits per heavy atom. The zero-order chi connectivity index (χ0) is 18.1. The lowest BCUT2D eigenvalue weighted by atomic mass is 9.95. The van der Waals surface area contributed by atoms with Gasteiger partial charge < -0.3 is 19.8 Å². The standard InChI is InChI=1S/C21H22N2O3/c1-25-13-17-15-9-5-6-10-19(15)26-20(17)21(24)23-11-16(18(22)12-23)14-7-3-2-4-8-14/h2-10,16,18H,11-13,22H2,1H3/t16-,18+/m0/s1. The molecular formula is C21H22N2O3. The minimum absolute atomic E-state index is 0.0865. The second-order valence-corrected chi connectivity index (χ2v) is 6.73. The van der Waals surface area contributed by atoms with Gasteiger partial charge in [-0.05, 0) is 11.6 Å². The molecule has 1 fully saturated rings. The Kier molecular flexibility index (Phi) is 4.49. The third-order valence-electron chi connectivity index (χ3n) is 5.06. The second kappa shape index (κ2) is 6.94. The van der Waals surface area contributed by atoms with Crippen LogP contribution in [0, 0.1) is 0 Å². The van der Waals surface area contributed by atoms with Crippen molar-refractivity contribution in [3.63, 3.8) is 0 Å². The third-order valence-corrected chi connectivity index (χ3v) is 5.06. The van der Waals surface area contributed by atoms with Gasteiger partial charge in [0.2, 0.25) is 0 Å². The van der Waals surface area contributed by atoms with E-state index in [9.17, 15) is 4.79 Å². The Labute approximate surface area is 152 Å². The van der Waals surface area contributed by atoms with Crippen LogP contribution in [0.2, 0.25) is 0 Å². The van der Waals surface area contributed by atoms with E-state index in [4.69, 9.17) is 14.9 Å². The van der Waals surface area contributed by atoms with Gasteiger partial charge in [0, 0.05) is 43.1 Å². The number of hydrogen-bond donors (Lipinski definition) is 1. The molecule has 0 saturated carbocycles. The number of hydrogen-bond acceptors (Lipinski definition) is 4. The summed E-state index contributed by atoms with van der Waals surface area (Å²) in [6.07, 6.45) is 0. The first kappa shape index (κ1) is 16.8. The fraction of sp³-hybridized carbons (Fsp3) is 0.286. The molecule has 3 aromatic rings. The van der Waals surface area contributed by atoms with E-state index in [1.807, 2.05) is 42.5 Å². The molecular weight excluding hydrogens is 328 g/mol. The van der Waals surface area contributed by atoms with Crippen LogP contribution in [0.4, 0.5) is 0 Å². The molecule has 26 heavy (non-hydrogen) atoms. The van der Waals surface area contributed by atoms with Crippen LogP contribution < -0.4 is 5.73 Å². The largest absolute Gasteiger partial charge is 0.451 e. The van der Waals surface area contributed by atoms with E-state index in [1.165, 1.54) is 0 Å². The number of rotatable bonds is 4. The van der Waals surface area contributed by atoms with E-state index in [1.54, 1.807) is 12.0 Å². The number of nitrogens with two attached hydrogens (primary N) is 1. The number of benzene rings is 2. The highest BCUT2D eigenvalue weighted by Gasteiger charge is 2.36. The minimum Gasteiger partial charge on any atom is -0.451 e. The molecule has 4 rings (SSSR count). The van der Waals surface area contributed by atoms with Gasteiger partial charge in [0.1, 0.15) is 5.58 Å². The molecule has 1 amide bonds. The van der Waals surface area contributed by atoms with Crippen LogP contribution in [-0.2, 0) is 11.3 Å². The highest BCUT2D eigenvalue weighted by Crippen LogP contribution is 2.31. The van der Waals surface area contributed by atoms with E-state index < -0.39 is 0 Å². The molecule has 1 aliphatic rings. The number of para-hydroxylation sites is 1. The van der Waals surface area contributed by atoms with Crippen molar-refractivity contribution in [3.8, 4) is 0 Å². The van der Waals surface area contributed by atoms with Crippen molar-refractivity contribution in [1.29, 1.82) is 0 Å². The predicted molar refractivity (Wildman–Crippen MR) is 100.0 cm³/mol. The molecule has 0 aliphatic carbocycles. The number of likely N-dealkylation sites (tertiary alicyclic amines) is 1. The SMILES string of the molecule is COCc1c(C(=O)N2C[C@@H](N)[C@H](c3ccccc3)C2)oc2ccccc12. The van der Waals surface area contributed by atoms with Crippen LogP contribution in [0.3, 0.4) is 0 Å². The van der Waals surface area contributed by atoms with Crippen LogP contribution in [0.25, 0.3) is 11.0 Å². The van der Waals surface area contributed by atoms with Crippen molar-refractivity contribution in [2.75, 3.05) is 20.2 Å².